The quantitative estimate of drug-likeness (QED) is 0.832. The van der Waals surface area contributed by atoms with Crippen molar-refractivity contribution in [3.8, 4) is 0 Å². The molecule has 1 saturated carbocycles. The number of nitrogens with two attached hydrogens (primary N) is 1. The van der Waals surface area contributed by atoms with E-state index in [1.54, 1.807) is 0 Å². The van der Waals surface area contributed by atoms with Crippen molar-refractivity contribution < 1.29 is 9.53 Å². The summed E-state index contributed by atoms with van der Waals surface area (Å²) in [6, 6.07) is 6.03. The number of aryl methyl sites for hydroxylation is 1. The van der Waals surface area contributed by atoms with Crippen molar-refractivity contribution in [2.24, 2.45) is 0 Å². The number of nitrogens with one attached hydrogen (secondary N) is 1. The van der Waals surface area contributed by atoms with Gasteiger partial charge in [-0.2, -0.15) is 0 Å². The summed E-state index contributed by atoms with van der Waals surface area (Å²) in [6.45, 7) is 3.95. The first-order valence-electron chi connectivity index (χ1n) is 7.65. The summed E-state index contributed by atoms with van der Waals surface area (Å²) in [5.74, 6) is 0.0193. The van der Waals surface area contributed by atoms with Gasteiger partial charge in [0.25, 0.3) is 0 Å². The third-order valence-electron chi connectivity index (χ3n) is 4.51. The Morgan fingerprint density at radius 1 is 1.48 bits per heavy atom. The van der Waals surface area contributed by atoms with Crippen LogP contribution in [-0.2, 0) is 9.53 Å². The lowest BCUT2D eigenvalue weighted by Gasteiger charge is -2.37. The summed E-state index contributed by atoms with van der Waals surface area (Å²) in [5, 5.41) is 2.94. The number of anilines is 2. The first kappa shape index (κ1) is 14.4. The number of rotatable bonds is 3. The van der Waals surface area contributed by atoms with Crippen LogP contribution in [-0.4, -0.2) is 42.6 Å². The standard InChI is InChI=1S/C16H23N3O2/c1-11-5-6-12(9-13(11)17)18-16(20)10-19-7-8-21-15-4-2-3-14(15)19/h5-6,9,14-15H,2-4,7-8,10,17H2,1H3,(H,18,20). The molecule has 1 amide bonds. The number of fused-ring (bicyclic) bond motifs is 1. The van der Waals surface area contributed by atoms with Gasteiger partial charge in [-0.1, -0.05) is 6.07 Å². The minimum atomic E-state index is 0.0193. The van der Waals surface area contributed by atoms with Crippen molar-refractivity contribution in [2.75, 3.05) is 30.7 Å². The molecule has 1 saturated heterocycles. The van der Waals surface area contributed by atoms with Crippen molar-refractivity contribution >= 4 is 17.3 Å². The largest absolute Gasteiger partial charge is 0.398 e. The van der Waals surface area contributed by atoms with E-state index in [0.717, 1.165) is 37.2 Å². The van der Waals surface area contributed by atoms with Crippen molar-refractivity contribution in [3.63, 3.8) is 0 Å². The van der Waals surface area contributed by atoms with E-state index in [1.807, 2.05) is 25.1 Å². The molecule has 1 aromatic carbocycles. The van der Waals surface area contributed by atoms with Crippen molar-refractivity contribution in [1.29, 1.82) is 0 Å². The molecule has 2 fully saturated rings. The van der Waals surface area contributed by atoms with Gasteiger partial charge in [0.15, 0.2) is 0 Å². The lowest BCUT2D eigenvalue weighted by atomic mass is 10.1. The zero-order chi connectivity index (χ0) is 14.8. The van der Waals surface area contributed by atoms with Gasteiger partial charge in [-0.05, 0) is 43.9 Å². The molecule has 2 atom stereocenters. The highest BCUT2D eigenvalue weighted by atomic mass is 16.5. The van der Waals surface area contributed by atoms with Crippen LogP contribution in [0.25, 0.3) is 0 Å². The number of ether oxygens (including phenoxy) is 1. The second-order valence-corrected chi connectivity index (χ2v) is 6.00. The van der Waals surface area contributed by atoms with Gasteiger partial charge in [0, 0.05) is 24.0 Å². The van der Waals surface area contributed by atoms with Crippen LogP contribution in [0.1, 0.15) is 24.8 Å². The average molecular weight is 289 g/mol. The van der Waals surface area contributed by atoms with Crippen LogP contribution in [0, 0.1) is 6.92 Å². The van der Waals surface area contributed by atoms with E-state index in [2.05, 4.69) is 10.2 Å². The first-order chi connectivity index (χ1) is 10.1. The smallest absolute Gasteiger partial charge is 0.238 e. The Bertz CT molecular complexity index is 532. The summed E-state index contributed by atoms with van der Waals surface area (Å²) >= 11 is 0. The maximum atomic E-state index is 12.2. The Kier molecular flexibility index (Phi) is 4.12. The molecule has 3 rings (SSSR count). The van der Waals surface area contributed by atoms with Crippen LogP contribution in [0.15, 0.2) is 18.2 Å². The van der Waals surface area contributed by atoms with Gasteiger partial charge in [-0.25, -0.2) is 0 Å². The molecular formula is C16H23N3O2. The molecule has 0 radical (unpaired) electrons. The maximum absolute atomic E-state index is 12.2. The molecule has 3 N–H and O–H groups in total. The van der Waals surface area contributed by atoms with Crippen LogP contribution in [0.4, 0.5) is 11.4 Å². The van der Waals surface area contributed by atoms with Crippen LogP contribution in [0.3, 0.4) is 0 Å². The van der Waals surface area contributed by atoms with Crippen molar-refractivity contribution in [1.82, 2.24) is 4.90 Å². The molecule has 5 heteroatoms. The van der Waals surface area contributed by atoms with E-state index in [4.69, 9.17) is 10.5 Å². The third-order valence-corrected chi connectivity index (χ3v) is 4.51. The van der Waals surface area contributed by atoms with Gasteiger partial charge < -0.3 is 15.8 Å². The molecule has 1 aromatic rings. The molecule has 2 unspecified atom stereocenters. The number of hydrogen-bond acceptors (Lipinski definition) is 4. The minimum Gasteiger partial charge on any atom is -0.398 e. The molecule has 114 valence electrons. The number of carbonyl (C=O) groups is 1. The van der Waals surface area contributed by atoms with E-state index >= 15 is 0 Å². The Morgan fingerprint density at radius 2 is 2.33 bits per heavy atom. The number of carbonyl (C=O) groups excluding carboxylic acids is 1. The molecule has 1 heterocycles. The Labute approximate surface area is 125 Å². The highest BCUT2D eigenvalue weighted by Gasteiger charge is 2.36. The van der Waals surface area contributed by atoms with E-state index in [-0.39, 0.29) is 5.91 Å². The van der Waals surface area contributed by atoms with E-state index < -0.39 is 0 Å². The van der Waals surface area contributed by atoms with E-state index in [1.165, 1.54) is 6.42 Å². The van der Waals surface area contributed by atoms with Gasteiger partial charge in [-0.3, -0.25) is 9.69 Å². The molecule has 5 nitrogen and oxygen atoms in total. The number of morpholine rings is 1. The second-order valence-electron chi connectivity index (χ2n) is 6.00. The average Bonchev–Trinajstić information content (AvgIpc) is 2.92. The fourth-order valence-corrected chi connectivity index (χ4v) is 3.31. The zero-order valence-electron chi connectivity index (χ0n) is 12.5. The summed E-state index contributed by atoms with van der Waals surface area (Å²) in [5.41, 5.74) is 8.36. The highest BCUT2D eigenvalue weighted by Crippen LogP contribution is 2.29. The van der Waals surface area contributed by atoms with Gasteiger partial charge in [0.2, 0.25) is 5.91 Å². The zero-order valence-corrected chi connectivity index (χ0v) is 12.5. The van der Waals surface area contributed by atoms with E-state index in [9.17, 15) is 4.79 Å². The van der Waals surface area contributed by atoms with Gasteiger partial charge >= 0.3 is 0 Å². The lowest BCUT2D eigenvalue weighted by Crippen LogP contribution is -2.51. The topological polar surface area (TPSA) is 67.6 Å². The summed E-state index contributed by atoms with van der Waals surface area (Å²) in [4.78, 5) is 14.5. The summed E-state index contributed by atoms with van der Waals surface area (Å²) in [7, 11) is 0. The molecule has 21 heavy (non-hydrogen) atoms. The van der Waals surface area contributed by atoms with Crippen LogP contribution in [0.5, 0.6) is 0 Å². The number of benzene rings is 1. The third kappa shape index (κ3) is 3.19. The van der Waals surface area contributed by atoms with Crippen LogP contribution in [0.2, 0.25) is 0 Å². The van der Waals surface area contributed by atoms with Crippen LogP contribution >= 0.6 is 0 Å². The second kappa shape index (κ2) is 6.03. The molecule has 1 aliphatic carbocycles. The van der Waals surface area contributed by atoms with Gasteiger partial charge in [0.1, 0.15) is 0 Å². The summed E-state index contributed by atoms with van der Waals surface area (Å²) in [6.07, 6.45) is 3.77. The van der Waals surface area contributed by atoms with Crippen molar-refractivity contribution in [3.05, 3.63) is 23.8 Å². The molecule has 0 bridgehead atoms. The molecule has 0 aromatic heterocycles. The molecule has 0 spiro atoms. The Morgan fingerprint density at radius 3 is 3.14 bits per heavy atom. The van der Waals surface area contributed by atoms with Crippen LogP contribution < -0.4 is 11.1 Å². The molecular weight excluding hydrogens is 266 g/mol. The normalized spacial score (nSPS) is 25.6. The monoisotopic (exact) mass is 289 g/mol. The SMILES string of the molecule is Cc1ccc(NC(=O)CN2CCOC3CCCC32)cc1N. The number of nitrogen functional groups attached to an aromatic ring is 1. The number of amides is 1. The number of nitrogens with zero attached hydrogens (tertiary/aromatic N) is 1. The van der Waals surface area contributed by atoms with Crippen molar-refractivity contribution in [2.45, 2.75) is 38.3 Å². The predicted molar refractivity (Wildman–Crippen MR) is 83.2 cm³/mol. The van der Waals surface area contributed by atoms with Gasteiger partial charge in [0.05, 0.1) is 19.3 Å². The predicted octanol–water partition coefficient (Wildman–Crippen LogP) is 1.77. The molecule has 2 aliphatic rings. The highest BCUT2D eigenvalue weighted by molar-refractivity contribution is 5.92. The minimum absolute atomic E-state index is 0.0193. The first-order valence-corrected chi connectivity index (χ1v) is 7.65. The maximum Gasteiger partial charge on any atom is 0.238 e. The molecule has 1 aliphatic heterocycles. The fourth-order valence-electron chi connectivity index (χ4n) is 3.31. The Balaban J connectivity index is 1.59. The summed E-state index contributed by atoms with van der Waals surface area (Å²) < 4.78 is 5.77. The van der Waals surface area contributed by atoms with E-state index in [0.29, 0.717) is 24.4 Å². The fraction of sp³-hybridized carbons (Fsp3) is 0.562. The van der Waals surface area contributed by atoms with Gasteiger partial charge in [-0.15, -0.1) is 0 Å². The lowest BCUT2D eigenvalue weighted by molar-refractivity contribution is -0.121. The number of hydrogen-bond donors (Lipinski definition) is 2. The Hall–Kier alpha value is -1.59.